The first-order valence-corrected chi connectivity index (χ1v) is 4.63. The predicted molar refractivity (Wildman–Crippen MR) is 49.0 cm³/mol. The topological polar surface area (TPSA) is 32.3 Å². The van der Waals surface area contributed by atoms with E-state index in [4.69, 9.17) is 0 Å². The highest BCUT2D eigenvalue weighted by Crippen LogP contribution is 2.10. The molecule has 0 aromatic carbocycles. The molecule has 1 aliphatic rings. The van der Waals surface area contributed by atoms with Gasteiger partial charge >= 0.3 is 0 Å². The van der Waals surface area contributed by atoms with Gasteiger partial charge in [-0.05, 0) is 25.8 Å². The standard InChI is InChI=1S/C9H18N2O/c1-11(2)9(12)6-5-8-4-3-7-10-8/h8,10H,3-7H2,1-2H3/t8-/m0/s1. The third-order valence-electron chi connectivity index (χ3n) is 2.37. The first-order chi connectivity index (χ1) is 5.70. The van der Waals surface area contributed by atoms with Crippen molar-refractivity contribution in [3.8, 4) is 0 Å². The van der Waals surface area contributed by atoms with Crippen molar-refractivity contribution < 1.29 is 4.79 Å². The van der Waals surface area contributed by atoms with Crippen LogP contribution in [0.5, 0.6) is 0 Å². The van der Waals surface area contributed by atoms with Crippen LogP contribution in [0.1, 0.15) is 25.7 Å². The number of carbonyl (C=O) groups excluding carboxylic acids is 1. The van der Waals surface area contributed by atoms with Gasteiger partial charge in [-0.3, -0.25) is 4.79 Å². The molecule has 1 saturated heterocycles. The zero-order chi connectivity index (χ0) is 8.97. The third-order valence-corrected chi connectivity index (χ3v) is 2.37. The molecule has 0 bridgehead atoms. The van der Waals surface area contributed by atoms with Gasteiger partial charge in [0.15, 0.2) is 0 Å². The summed E-state index contributed by atoms with van der Waals surface area (Å²) in [4.78, 5) is 12.9. The zero-order valence-corrected chi connectivity index (χ0v) is 7.97. The van der Waals surface area contributed by atoms with E-state index in [1.807, 2.05) is 14.1 Å². The van der Waals surface area contributed by atoms with Crippen LogP contribution < -0.4 is 5.32 Å². The number of hydrogen-bond acceptors (Lipinski definition) is 2. The molecule has 0 saturated carbocycles. The molecule has 1 N–H and O–H groups in total. The zero-order valence-electron chi connectivity index (χ0n) is 7.97. The fraction of sp³-hybridized carbons (Fsp3) is 0.889. The van der Waals surface area contributed by atoms with E-state index < -0.39 is 0 Å². The summed E-state index contributed by atoms with van der Waals surface area (Å²) in [5, 5.41) is 3.38. The van der Waals surface area contributed by atoms with Crippen molar-refractivity contribution in [1.29, 1.82) is 0 Å². The molecule has 0 aromatic heterocycles. The smallest absolute Gasteiger partial charge is 0.222 e. The molecule has 12 heavy (non-hydrogen) atoms. The van der Waals surface area contributed by atoms with Gasteiger partial charge in [0.2, 0.25) is 5.91 Å². The SMILES string of the molecule is CN(C)C(=O)CC[C@@H]1CCCN1. The summed E-state index contributed by atoms with van der Waals surface area (Å²) >= 11 is 0. The first kappa shape index (κ1) is 9.52. The Morgan fingerprint density at radius 1 is 1.58 bits per heavy atom. The maximum absolute atomic E-state index is 11.2. The van der Waals surface area contributed by atoms with E-state index in [2.05, 4.69) is 5.32 Å². The second kappa shape index (κ2) is 4.45. The molecule has 3 heteroatoms. The fourth-order valence-electron chi connectivity index (χ4n) is 1.52. The number of hydrogen-bond donors (Lipinski definition) is 1. The van der Waals surface area contributed by atoms with Crippen molar-refractivity contribution in [2.24, 2.45) is 0 Å². The Labute approximate surface area is 74.1 Å². The lowest BCUT2D eigenvalue weighted by molar-refractivity contribution is -0.128. The van der Waals surface area contributed by atoms with E-state index in [0.717, 1.165) is 13.0 Å². The summed E-state index contributed by atoms with van der Waals surface area (Å²) in [6.07, 6.45) is 4.18. The highest BCUT2D eigenvalue weighted by atomic mass is 16.2. The van der Waals surface area contributed by atoms with E-state index >= 15 is 0 Å². The molecule has 0 radical (unpaired) electrons. The molecule has 1 amide bonds. The van der Waals surface area contributed by atoms with Crippen LogP contribution in [0.25, 0.3) is 0 Å². The molecule has 0 unspecified atom stereocenters. The summed E-state index contributed by atoms with van der Waals surface area (Å²) in [5.41, 5.74) is 0. The number of carbonyl (C=O) groups is 1. The number of amides is 1. The maximum atomic E-state index is 11.2. The molecule has 0 aliphatic carbocycles. The molecule has 0 spiro atoms. The number of nitrogens with one attached hydrogen (secondary N) is 1. The van der Waals surface area contributed by atoms with Gasteiger partial charge in [-0.2, -0.15) is 0 Å². The van der Waals surface area contributed by atoms with Crippen LogP contribution in [0.3, 0.4) is 0 Å². The molecule has 1 heterocycles. The molecule has 3 nitrogen and oxygen atoms in total. The quantitative estimate of drug-likeness (QED) is 0.673. The lowest BCUT2D eigenvalue weighted by atomic mass is 10.1. The molecule has 1 aliphatic heterocycles. The average Bonchev–Trinajstić information content (AvgIpc) is 2.51. The monoisotopic (exact) mass is 170 g/mol. The molecule has 70 valence electrons. The number of nitrogens with zero attached hydrogens (tertiary/aromatic N) is 1. The highest BCUT2D eigenvalue weighted by molar-refractivity contribution is 5.75. The summed E-state index contributed by atoms with van der Waals surface area (Å²) in [7, 11) is 3.62. The van der Waals surface area contributed by atoms with Crippen molar-refractivity contribution in [2.75, 3.05) is 20.6 Å². The minimum absolute atomic E-state index is 0.240. The Kier molecular flexibility index (Phi) is 3.53. The maximum Gasteiger partial charge on any atom is 0.222 e. The first-order valence-electron chi connectivity index (χ1n) is 4.63. The minimum atomic E-state index is 0.240. The van der Waals surface area contributed by atoms with Gasteiger partial charge in [0.25, 0.3) is 0 Å². The molecular weight excluding hydrogens is 152 g/mol. The molecule has 0 aromatic rings. The lowest BCUT2D eigenvalue weighted by Crippen LogP contribution is -2.26. The predicted octanol–water partition coefficient (Wildman–Crippen LogP) is 0.607. The van der Waals surface area contributed by atoms with Gasteiger partial charge in [0, 0.05) is 26.6 Å². The van der Waals surface area contributed by atoms with Gasteiger partial charge in [-0.15, -0.1) is 0 Å². The summed E-state index contributed by atoms with van der Waals surface area (Å²) in [6.45, 7) is 1.13. The van der Waals surface area contributed by atoms with Gasteiger partial charge in [0.1, 0.15) is 0 Å². The largest absolute Gasteiger partial charge is 0.349 e. The Morgan fingerprint density at radius 2 is 2.33 bits per heavy atom. The second-order valence-corrected chi connectivity index (χ2v) is 3.62. The van der Waals surface area contributed by atoms with E-state index in [0.29, 0.717) is 12.5 Å². The van der Waals surface area contributed by atoms with Crippen molar-refractivity contribution in [1.82, 2.24) is 10.2 Å². The van der Waals surface area contributed by atoms with Crippen LogP contribution in [0.15, 0.2) is 0 Å². The van der Waals surface area contributed by atoms with Gasteiger partial charge in [-0.25, -0.2) is 0 Å². The minimum Gasteiger partial charge on any atom is -0.349 e. The van der Waals surface area contributed by atoms with Crippen LogP contribution in [0.2, 0.25) is 0 Å². The van der Waals surface area contributed by atoms with Gasteiger partial charge < -0.3 is 10.2 Å². The highest BCUT2D eigenvalue weighted by Gasteiger charge is 2.15. The lowest BCUT2D eigenvalue weighted by Gasteiger charge is -2.12. The Morgan fingerprint density at radius 3 is 2.83 bits per heavy atom. The third kappa shape index (κ3) is 2.81. The molecule has 1 atom stereocenters. The summed E-state index contributed by atoms with van der Waals surface area (Å²) in [5.74, 6) is 0.240. The van der Waals surface area contributed by atoms with Crippen molar-refractivity contribution in [3.05, 3.63) is 0 Å². The van der Waals surface area contributed by atoms with E-state index in [1.165, 1.54) is 12.8 Å². The Hall–Kier alpha value is -0.570. The van der Waals surface area contributed by atoms with Crippen LogP contribution in [0, 0.1) is 0 Å². The van der Waals surface area contributed by atoms with Crippen LogP contribution in [-0.4, -0.2) is 37.5 Å². The summed E-state index contributed by atoms with van der Waals surface area (Å²) < 4.78 is 0. The summed E-state index contributed by atoms with van der Waals surface area (Å²) in [6, 6.07) is 0.592. The van der Waals surface area contributed by atoms with Gasteiger partial charge in [0.05, 0.1) is 0 Å². The van der Waals surface area contributed by atoms with Crippen molar-refractivity contribution in [2.45, 2.75) is 31.7 Å². The van der Waals surface area contributed by atoms with Crippen LogP contribution >= 0.6 is 0 Å². The fourth-order valence-corrected chi connectivity index (χ4v) is 1.52. The Bertz CT molecular complexity index is 151. The molecular formula is C9H18N2O. The van der Waals surface area contributed by atoms with Gasteiger partial charge in [-0.1, -0.05) is 0 Å². The van der Waals surface area contributed by atoms with E-state index in [-0.39, 0.29) is 5.91 Å². The van der Waals surface area contributed by atoms with Crippen LogP contribution in [-0.2, 0) is 4.79 Å². The number of rotatable bonds is 3. The molecule has 1 rings (SSSR count). The van der Waals surface area contributed by atoms with E-state index in [1.54, 1.807) is 4.90 Å². The van der Waals surface area contributed by atoms with Crippen molar-refractivity contribution >= 4 is 5.91 Å². The Balaban J connectivity index is 2.12. The molecule has 1 fully saturated rings. The van der Waals surface area contributed by atoms with E-state index in [9.17, 15) is 4.79 Å². The van der Waals surface area contributed by atoms with Crippen molar-refractivity contribution in [3.63, 3.8) is 0 Å². The van der Waals surface area contributed by atoms with Crippen LogP contribution in [0.4, 0.5) is 0 Å². The average molecular weight is 170 g/mol. The second-order valence-electron chi connectivity index (χ2n) is 3.62. The normalized spacial score (nSPS) is 22.7.